The van der Waals surface area contributed by atoms with E-state index in [1.807, 2.05) is 0 Å². The second-order valence-electron chi connectivity index (χ2n) is 4.86. The second kappa shape index (κ2) is 6.10. The highest BCUT2D eigenvalue weighted by Crippen LogP contribution is 2.26. The third-order valence-electron chi connectivity index (χ3n) is 3.57. The quantitative estimate of drug-likeness (QED) is 0.851. The number of nitrogens with two attached hydrogens (primary N) is 1. The number of amides is 1. The summed E-state index contributed by atoms with van der Waals surface area (Å²) in [5, 5.41) is 2.62. The number of nitrogens with one attached hydrogen (secondary N) is 1. The molecule has 0 saturated heterocycles. The molecular weight excluding hydrogens is 254 g/mol. The highest BCUT2D eigenvalue weighted by Gasteiger charge is 2.26. The Morgan fingerprint density at radius 1 is 1.58 bits per heavy atom. The van der Waals surface area contributed by atoms with Crippen molar-refractivity contribution in [1.82, 2.24) is 14.9 Å². The highest BCUT2D eigenvalue weighted by molar-refractivity contribution is 5.76. The van der Waals surface area contributed by atoms with Crippen LogP contribution in [0.3, 0.4) is 0 Å². The number of hydrogen-bond acceptors (Lipinski definition) is 3. The Morgan fingerprint density at radius 3 is 3.00 bits per heavy atom. The number of rotatable bonds is 5. The zero-order valence-electron chi connectivity index (χ0n) is 10.6. The van der Waals surface area contributed by atoms with Crippen LogP contribution in [0.1, 0.15) is 38.1 Å². The average Bonchev–Trinajstić information content (AvgIpc) is 2.96. The predicted molar refractivity (Wildman–Crippen MR) is 65.3 cm³/mol. The van der Waals surface area contributed by atoms with E-state index >= 15 is 0 Å². The van der Waals surface area contributed by atoms with E-state index in [1.165, 1.54) is 12.4 Å². The number of hydrogen-bond donors (Lipinski definition) is 2. The fraction of sp³-hybridized carbons (Fsp3) is 0.667. The zero-order chi connectivity index (χ0) is 13.8. The summed E-state index contributed by atoms with van der Waals surface area (Å²) in [7, 11) is 0. The summed E-state index contributed by atoms with van der Waals surface area (Å²) in [6.45, 7) is -2.63. The molecule has 1 heterocycles. The smallest absolute Gasteiger partial charge is 0.319 e. The summed E-state index contributed by atoms with van der Waals surface area (Å²) in [5.74, 6) is 0.195. The Bertz CT molecular complexity index is 435. The minimum Gasteiger partial charge on any atom is -0.349 e. The van der Waals surface area contributed by atoms with Crippen molar-refractivity contribution < 1.29 is 13.6 Å². The van der Waals surface area contributed by atoms with Gasteiger partial charge in [-0.2, -0.15) is 8.78 Å². The zero-order valence-corrected chi connectivity index (χ0v) is 10.6. The van der Waals surface area contributed by atoms with Crippen molar-refractivity contribution in [3.05, 3.63) is 18.2 Å². The van der Waals surface area contributed by atoms with E-state index in [2.05, 4.69) is 10.3 Å². The van der Waals surface area contributed by atoms with Crippen LogP contribution in [0.25, 0.3) is 0 Å². The molecule has 1 saturated carbocycles. The van der Waals surface area contributed by atoms with Gasteiger partial charge in [0.2, 0.25) is 5.91 Å². The molecule has 1 aliphatic rings. The van der Waals surface area contributed by atoms with Crippen molar-refractivity contribution in [1.29, 1.82) is 0 Å². The summed E-state index contributed by atoms with van der Waals surface area (Å²) in [4.78, 5) is 15.5. The Kier molecular flexibility index (Phi) is 4.47. The van der Waals surface area contributed by atoms with Gasteiger partial charge in [0, 0.05) is 24.9 Å². The Morgan fingerprint density at radius 2 is 2.37 bits per heavy atom. The minimum atomic E-state index is -2.64. The number of imidazole rings is 1. The normalized spacial score (nSPS) is 22.9. The Hall–Kier alpha value is -1.50. The van der Waals surface area contributed by atoms with Gasteiger partial charge in [0.15, 0.2) is 0 Å². The lowest BCUT2D eigenvalue weighted by Crippen LogP contribution is -2.31. The SMILES string of the molecule is N[C@@H]1CCC[C@H]1CC(=O)NCc1nccn1C(F)F. The molecule has 106 valence electrons. The fourth-order valence-corrected chi connectivity index (χ4v) is 2.47. The summed E-state index contributed by atoms with van der Waals surface area (Å²) in [5.41, 5.74) is 5.89. The molecule has 7 heteroatoms. The van der Waals surface area contributed by atoms with Gasteiger partial charge >= 0.3 is 6.55 Å². The molecule has 1 aromatic rings. The molecule has 1 fully saturated rings. The van der Waals surface area contributed by atoms with Crippen LogP contribution < -0.4 is 11.1 Å². The van der Waals surface area contributed by atoms with Gasteiger partial charge in [-0.15, -0.1) is 0 Å². The first-order valence-electron chi connectivity index (χ1n) is 6.40. The standard InChI is InChI=1S/C12H18F2N4O/c13-12(14)18-5-4-16-10(18)7-17-11(19)6-8-2-1-3-9(8)15/h4-5,8-9,12H,1-3,6-7,15H2,(H,17,19)/t8-,9+/m0/s1. The number of aromatic nitrogens is 2. The van der Waals surface area contributed by atoms with Crippen LogP contribution >= 0.6 is 0 Å². The van der Waals surface area contributed by atoms with Gasteiger partial charge in [-0.25, -0.2) is 4.98 Å². The van der Waals surface area contributed by atoms with Gasteiger partial charge in [0.25, 0.3) is 0 Å². The lowest BCUT2D eigenvalue weighted by molar-refractivity contribution is -0.122. The van der Waals surface area contributed by atoms with E-state index in [9.17, 15) is 13.6 Å². The maximum atomic E-state index is 12.6. The first-order chi connectivity index (χ1) is 9.08. The molecule has 2 atom stereocenters. The van der Waals surface area contributed by atoms with E-state index in [0.717, 1.165) is 23.8 Å². The molecule has 3 N–H and O–H groups in total. The third-order valence-corrected chi connectivity index (χ3v) is 3.57. The number of halogens is 2. The largest absolute Gasteiger partial charge is 0.349 e. The van der Waals surface area contributed by atoms with E-state index < -0.39 is 6.55 Å². The summed E-state index contributed by atoms with van der Waals surface area (Å²) in [6.07, 6.45) is 5.80. The Balaban J connectivity index is 1.81. The summed E-state index contributed by atoms with van der Waals surface area (Å²) in [6, 6.07) is 0.0776. The van der Waals surface area contributed by atoms with Crippen LogP contribution in [0.2, 0.25) is 0 Å². The number of carbonyl (C=O) groups excluding carboxylic acids is 1. The van der Waals surface area contributed by atoms with Crippen molar-refractivity contribution in [3.63, 3.8) is 0 Å². The number of nitrogens with zero attached hydrogens (tertiary/aromatic N) is 2. The first-order valence-corrected chi connectivity index (χ1v) is 6.40. The van der Waals surface area contributed by atoms with E-state index in [1.54, 1.807) is 0 Å². The second-order valence-corrected chi connectivity index (χ2v) is 4.86. The van der Waals surface area contributed by atoms with Crippen molar-refractivity contribution in [2.24, 2.45) is 11.7 Å². The highest BCUT2D eigenvalue weighted by atomic mass is 19.3. The predicted octanol–water partition coefficient (Wildman–Crippen LogP) is 1.41. The van der Waals surface area contributed by atoms with Crippen LogP contribution in [0.5, 0.6) is 0 Å². The maximum Gasteiger partial charge on any atom is 0.319 e. The molecule has 0 bridgehead atoms. The van der Waals surface area contributed by atoms with E-state index in [-0.39, 0.29) is 30.2 Å². The molecule has 1 aromatic heterocycles. The van der Waals surface area contributed by atoms with Gasteiger partial charge in [-0.05, 0) is 18.8 Å². The first kappa shape index (κ1) is 13.9. The van der Waals surface area contributed by atoms with Gasteiger partial charge in [0.1, 0.15) is 5.82 Å². The summed E-state index contributed by atoms with van der Waals surface area (Å²) >= 11 is 0. The van der Waals surface area contributed by atoms with E-state index in [0.29, 0.717) is 6.42 Å². The van der Waals surface area contributed by atoms with Gasteiger partial charge in [-0.1, -0.05) is 6.42 Å². The van der Waals surface area contributed by atoms with Crippen molar-refractivity contribution in [3.8, 4) is 0 Å². The number of carbonyl (C=O) groups is 1. The molecule has 19 heavy (non-hydrogen) atoms. The molecule has 5 nitrogen and oxygen atoms in total. The molecule has 2 rings (SSSR count). The molecule has 0 spiro atoms. The molecule has 0 aliphatic heterocycles. The van der Waals surface area contributed by atoms with Crippen LogP contribution in [-0.2, 0) is 11.3 Å². The minimum absolute atomic E-state index is 0.0120. The molecule has 0 aromatic carbocycles. The van der Waals surface area contributed by atoms with Gasteiger partial charge in [-0.3, -0.25) is 9.36 Å². The van der Waals surface area contributed by atoms with Crippen LogP contribution in [0.15, 0.2) is 12.4 Å². The topological polar surface area (TPSA) is 72.9 Å². The van der Waals surface area contributed by atoms with Crippen molar-refractivity contribution in [2.75, 3.05) is 0 Å². The molecule has 1 aliphatic carbocycles. The molecule has 0 radical (unpaired) electrons. The van der Waals surface area contributed by atoms with Crippen molar-refractivity contribution in [2.45, 2.75) is 44.8 Å². The van der Waals surface area contributed by atoms with Crippen molar-refractivity contribution >= 4 is 5.91 Å². The van der Waals surface area contributed by atoms with Crippen LogP contribution in [0.4, 0.5) is 8.78 Å². The van der Waals surface area contributed by atoms with Gasteiger partial charge in [0.05, 0.1) is 6.54 Å². The average molecular weight is 272 g/mol. The maximum absolute atomic E-state index is 12.6. The number of alkyl halides is 2. The van der Waals surface area contributed by atoms with Crippen LogP contribution in [0, 0.1) is 5.92 Å². The van der Waals surface area contributed by atoms with Crippen LogP contribution in [-0.4, -0.2) is 21.5 Å². The van der Waals surface area contributed by atoms with E-state index in [4.69, 9.17) is 5.73 Å². The lowest BCUT2D eigenvalue weighted by Gasteiger charge is -2.14. The lowest BCUT2D eigenvalue weighted by atomic mass is 10.00. The monoisotopic (exact) mass is 272 g/mol. The summed E-state index contributed by atoms with van der Waals surface area (Å²) < 4.78 is 25.9. The Labute approximate surface area is 110 Å². The van der Waals surface area contributed by atoms with Gasteiger partial charge < -0.3 is 11.1 Å². The third kappa shape index (κ3) is 3.50. The fourth-order valence-electron chi connectivity index (χ4n) is 2.47. The molecular formula is C12H18F2N4O. The molecule has 0 unspecified atom stereocenters. The molecule has 1 amide bonds.